The van der Waals surface area contributed by atoms with E-state index in [0.717, 1.165) is 25.9 Å². The highest BCUT2D eigenvalue weighted by Crippen LogP contribution is 2.16. The molecule has 8 heteroatoms. The minimum Gasteiger partial charge on any atom is -0.353 e. The number of carbonyl (C=O) groups is 1. The van der Waals surface area contributed by atoms with Crippen LogP contribution in [0.15, 0.2) is 0 Å². The van der Waals surface area contributed by atoms with Crippen molar-refractivity contribution in [1.29, 1.82) is 0 Å². The van der Waals surface area contributed by atoms with Gasteiger partial charge in [-0.25, -0.2) is 12.7 Å². The molecule has 0 spiro atoms. The summed E-state index contributed by atoms with van der Waals surface area (Å²) in [6.07, 6.45) is 3.42. The third-order valence-electron chi connectivity index (χ3n) is 4.23. The van der Waals surface area contributed by atoms with Gasteiger partial charge >= 0.3 is 0 Å². The first-order valence-electron chi connectivity index (χ1n) is 7.52. The number of carbonyl (C=O) groups excluding carboxylic acids is 1. The van der Waals surface area contributed by atoms with Gasteiger partial charge in [-0.2, -0.15) is 0 Å². The fraction of sp³-hybridized carbons (Fsp3) is 0.923. The van der Waals surface area contributed by atoms with E-state index in [9.17, 15) is 13.2 Å². The molecule has 2 N–H and O–H groups in total. The number of hydrogen-bond acceptors (Lipinski definition) is 4. The van der Waals surface area contributed by atoms with Gasteiger partial charge in [0.05, 0.1) is 11.7 Å². The van der Waals surface area contributed by atoms with Crippen LogP contribution in [0.25, 0.3) is 0 Å². The van der Waals surface area contributed by atoms with Gasteiger partial charge in [-0.1, -0.05) is 0 Å². The molecule has 0 aliphatic carbocycles. The highest BCUT2D eigenvalue weighted by molar-refractivity contribution is 7.89. The second kappa shape index (κ2) is 8.31. The van der Waals surface area contributed by atoms with Crippen molar-refractivity contribution in [2.45, 2.75) is 38.6 Å². The molecule has 6 nitrogen and oxygen atoms in total. The van der Waals surface area contributed by atoms with E-state index < -0.39 is 10.0 Å². The van der Waals surface area contributed by atoms with Crippen LogP contribution < -0.4 is 10.6 Å². The number of piperidine rings is 2. The van der Waals surface area contributed by atoms with Crippen molar-refractivity contribution < 1.29 is 13.2 Å². The molecule has 2 fully saturated rings. The first-order valence-corrected chi connectivity index (χ1v) is 9.12. The van der Waals surface area contributed by atoms with Crippen LogP contribution in [-0.4, -0.2) is 56.6 Å². The number of nitrogens with one attached hydrogen (secondary N) is 2. The number of rotatable bonds is 4. The quantitative estimate of drug-likeness (QED) is 0.774. The second-order valence-corrected chi connectivity index (χ2v) is 7.88. The summed E-state index contributed by atoms with van der Waals surface area (Å²) in [5.41, 5.74) is 0. The summed E-state index contributed by atoms with van der Waals surface area (Å²) in [5, 5.41) is 6.32. The van der Waals surface area contributed by atoms with E-state index in [1.807, 2.05) is 0 Å². The molecule has 21 heavy (non-hydrogen) atoms. The molecule has 124 valence electrons. The van der Waals surface area contributed by atoms with Crippen LogP contribution in [0.3, 0.4) is 0 Å². The van der Waals surface area contributed by atoms with Crippen molar-refractivity contribution in [3.05, 3.63) is 0 Å². The van der Waals surface area contributed by atoms with Crippen LogP contribution >= 0.6 is 12.4 Å². The highest BCUT2D eigenvalue weighted by Gasteiger charge is 2.29. The Bertz CT molecular complexity index is 430. The van der Waals surface area contributed by atoms with Gasteiger partial charge in [-0.05, 0) is 39.2 Å². The first-order chi connectivity index (χ1) is 9.53. The van der Waals surface area contributed by atoms with Crippen LogP contribution in [0.1, 0.15) is 32.6 Å². The number of halogens is 1. The average Bonchev–Trinajstić information content (AvgIpc) is 2.48. The molecule has 0 bridgehead atoms. The fourth-order valence-corrected chi connectivity index (χ4v) is 3.99. The van der Waals surface area contributed by atoms with Crippen LogP contribution in [0.5, 0.6) is 0 Å². The van der Waals surface area contributed by atoms with E-state index >= 15 is 0 Å². The summed E-state index contributed by atoms with van der Waals surface area (Å²) in [7, 11) is -3.08. The standard InChI is InChI=1S/C13H25N3O3S.ClH/c1-2-20(18,19)16-8-5-12(6-9-16)15-13(17)11-4-3-7-14-10-11;/h11-12,14H,2-10H2,1H3,(H,15,17);1H/t11-;/m1./s1. The molecule has 0 unspecified atom stereocenters. The lowest BCUT2D eigenvalue weighted by molar-refractivity contribution is -0.126. The van der Waals surface area contributed by atoms with Gasteiger partial charge in [-0.15, -0.1) is 12.4 Å². The Morgan fingerprint density at radius 3 is 2.48 bits per heavy atom. The fourth-order valence-electron chi connectivity index (χ4n) is 2.86. The predicted octanol–water partition coefficient (Wildman–Crippen LogP) is 0.338. The number of amides is 1. The maximum atomic E-state index is 12.1. The molecule has 0 aromatic heterocycles. The maximum Gasteiger partial charge on any atom is 0.224 e. The van der Waals surface area contributed by atoms with Crippen molar-refractivity contribution >= 4 is 28.3 Å². The van der Waals surface area contributed by atoms with Crippen LogP contribution in [-0.2, 0) is 14.8 Å². The number of hydrogen-bond donors (Lipinski definition) is 2. The Kier molecular flexibility index (Phi) is 7.39. The largest absolute Gasteiger partial charge is 0.353 e. The van der Waals surface area contributed by atoms with Crippen LogP contribution in [0, 0.1) is 5.92 Å². The topological polar surface area (TPSA) is 78.5 Å². The van der Waals surface area contributed by atoms with Gasteiger partial charge in [0.15, 0.2) is 0 Å². The molecule has 0 radical (unpaired) electrons. The van der Waals surface area contributed by atoms with E-state index in [0.29, 0.717) is 25.9 Å². The van der Waals surface area contributed by atoms with Crippen LogP contribution in [0.2, 0.25) is 0 Å². The zero-order valence-electron chi connectivity index (χ0n) is 12.5. The van der Waals surface area contributed by atoms with Gasteiger partial charge in [0.1, 0.15) is 0 Å². The van der Waals surface area contributed by atoms with E-state index in [-0.39, 0.29) is 36.0 Å². The molecule has 2 saturated heterocycles. The monoisotopic (exact) mass is 339 g/mol. The number of sulfonamides is 1. The molecule has 1 atom stereocenters. The van der Waals surface area contributed by atoms with Crippen molar-refractivity contribution in [3.63, 3.8) is 0 Å². The van der Waals surface area contributed by atoms with Crippen LogP contribution in [0.4, 0.5) is 0 Å². The molecule has 1 amide bonds. The molecule has 0 saturated carbocycles. The summed E-state index contributed by atoms with van der Waals surface area (Å²) in [6.45, 7) is 4.46. The molecular formula is C13H26ClN3O3S. The molecule has 2 aliphatic rings. The number of nitrogens with zero attached hydrogens (tertiary/aromatic N) is 1. The minimum absolute atomic E-state index is 0. The van der Waals surface area contributed by atoms with Gasteiger partial charge < -0.3 is 10.6 Å². The van der Waals surface area contributed by atoms with E-state index in [1.165, 1.54) is 4.31 Å². The zero-order valence-corrected chi connectivity index (χ0v) is 14.1. The molecule has 0 aromatic carbocycles. The van der Waals surface area contributed by atoms with E-state index in [4.69, 9.17) is 0 Å². The van der Waals surface area contributed by atoms with Crippen molar-refractivity contribution in [3.8, 4) is 0 Å². The Hall–Kier alpha value is -0.370. The summed E-state index contributed by atoms with van der Waals surface area (Å²) in [4.78, 5) is 12.1. The van der Waals surface area contributed by atoms with E-state index in [1.54, 1.807) is 6.92 Å². The highest BCUT2D eigenvalue weighted by atomic mass is 35.5. The zero-order chi connectivity index (χ0) is 14.6. The first kappa shape index (κ1) is 18.7. The van der Waals surface area contributed by atoms with Gasteiger partial charge in [0.25, 0.3) is 0 Å². The normalized spacial score (nSPS) is 25.1. The Balaban J connectivity index is 0.00000220. The predicted molar refractivity (Wildman–Crippen MR) is 85.0 cm³/mol. The molecular weight excluding hydrogens is 314 g/mol. The summed E-state index contributed by atoms with van der Waals surface area (Å²) in [6, 6.07) is 0.118. The summed E-state index contributed by atoms with van der Waals surface area (Å²) >= 11 is 0. The van der Waals surface area contributed by atoms with Crippen molar-refractivity contribution in [2.75, 3.05) is 31.9 Å². The second-order valence-electron chi connectivity index (χ2n) is 5.63. The average molecular weight is 340 g/mol. The molecule has 2 aliphatic heterocycles. The summed E-state index contributed by atoms with van der Waals surface area (Å²) in [5.74, 6) is 0.341. The Morgan fingerprint density at radius 2 is 1.95 bits per heavy atom. The van der Waals surface area contributed by atoms with Gasteiger partial charge in [0.2, 0.25) is 15.9 Å². The lowest BCUT2D eigenvalue weighted by Gasteiger charge is -2.32. The third-order valence-corrected chi connectivity index (χ3v) is 6.11. The lowest BCUT2D eigenvalue weighted by Crippen LogP contribution is -2.49. The smallest absolute Gasteiger partial charge is 0.224 e. The van der Waals surface area contributed by atoms with E-state index in [2.05, 4.69) is 10.6 Å². The Morgan fingerprint density at radius 1 is 1.29 bits per heavy atom. The lowest BCUT2D eigenvalue weighted by atomic mass is 9.97. The van der Waals surface area contributed by atoms with Crippen molar-refractivity contribution in [1.82, 2.24) is 14.9 Å². The van der Waals surface area contributed by atoms with Gasteiger partial charge in [0, 0.05) is 25.7 Å². The third kappa shape index (κ3) is 5.09. The van der Waals surface area contributed by atoms with Gasteiger partial charge in [-0.3, -0.25) is 4.79 Å². The molecule has 0 aromatic rings. The molecule has 2 rings (SSSR count). The SMILES string of the molecule is CCS(=O)(=O)N1CCC(NC(=O)[C@@H]2CCCNC2)CC1.Cl. The van der Waals surface area contributed by atoms with Crippen molar-refractivity contribution in [2.24, 2.45) is 5.92 Å². The molecule has 2 heterocycles. The minimum atomic E-state index is -3.08. The summed E-state index contributed by atoms with van der Waals surface area (Å²) < 4.78 is 25.1. The maximum absolute atomic E-state index is 12.1. The Labute approximate surface area is 133 Å².